The third-order valence-electron chi connectivity index (χ3n) is 3.23. The Morgan fingerprint density at radius 1 is 1.18 bits per heavy atom. The molecule has 1 aromatic carbocycles. The molecule has 0 aliphatic carbocycles. The summed E-state index contributed by atoms with van der Waals surface area (Å²) in [7, 11) is 0. The summed E-state index contributed by atoms with van der Waals surface area (Å²) in [5.74, 6) is 0.0444. The van der Waals surface area contributed by atoms with Crippen molar-refractivity contribution in [3.05, 3.63) is 35.9 Å². The highest BCUT2D eigenvalue weighted by atomic mass is 32.2. The molecule has 1 aromatic rings. The highest BCUT2D eigenvalue weighted by Crippen LogP contribution is 2.23. The highest BCUT2D eigenvalue weighted by Gasteiger charge is 2.19. The molecule has 1 rings (SSSR count). The summed E-state index contributed by atoms with van der Waals surface area (Å²) >= 11 is 1.12. The summed E-state index contributed by atoms with van der Waals surface area (Å²) < 4.78 is 0. The fourth-order valence-corrected chi connectivity index (χ4v) is 2.99. The molecule has 0 amide bonds. The molecule has 0 saturated heterocycles. The Kier molecular flexibility index (Phi) is 9.42. The summed E-state index contributed by atoms with van der Waals surface area (Å²) in [6.45, 7) is 2.57. The van der Waals surface area contributed by atoms with E-state index in [1.807, 2.05) is 18.2 Å². The Hall–Kier alpha value is -1.46. The van der Waals surface area contributed by atoms with Gasteiger partial charge in [0, 0.05) is 5.56 Å². The first-order chi connectivity index (χ1) is 10.6. The van der Waals surface area contributed by atoms with Gasteiger partial charge in [-0.1, -0.05) is 54.9 Å². The van der Waals surface area contributed by atoms with E-state index in [-0.39, 0.29) is 22.7 Å². The molecular formula is C17H22NO3S. The summed E-state index contributed by atoms with van der Waals surface area (Å²) in [5, 5.41) is 2.62. The van der Waals surface area contributed by atoms with Gasteiger partial charge in [-0.3, -0.25) is 14.4 Å². The molecule has 1 radical (unpaired) electrons. The van der Waals surface area contributed by atoms with Gasteiger partial charge >= 0.3 is 0 Å². The second kappa shape index (κ2) is 11.2. The van der Waals surface area contributed by atoms with Gasteiger partial charge in [0.25, 0.3) is 0 Å². The number of unbranched alkanes of at least 4 members (excludes halogenated alkanes) is 2. The fourth-order valence-electron chi connectivity index (χ4n) is 2.01. The lowest BCUT2D eigenvalue weighted by molar-refractivity contribution is -0.116. The van der Waals surface area contributed by atoms with Gasteiger partial charge < -0.3 is 5.32 Å². The van der Waals surface area contributed by atoms with E-state index < -0.39 is 0 Å². The van der Waals surface area contributed by atoms with E-state index in [0.29, 0.717) is 12.0 Å². The standard InChI is InChI=1S/C17H22NO3S/c1-14(20)16(10-6-3-7-11-18-12-13-19)22-17(21)15-8-4-2-5-9-15/h2,4-5,8-9,16,18H,3,6-7,10-12H2,1H3. The molecule has 0 bridgehead atoms. The van der Waals surface area contributed by atoms with Crippen LogP contribution >= 0.6 is 11.8 Å². The second-order valence-electron chi connectivity index (χ2n) is 5.04. The average Bonchev–Trinajstić information content (AvgIpc) is 2.53. The van der Waals surface area contributed by atoms with E-state index in [1.165, 1.54) is 6.92 Å². The number of nitrogens with one attached hydrogen (secondary N) is 1. The van der Waals surface area contributed by atoms with Crippen molar-refractivity contribution in [1.82, 2.24) is 5.32 Å². The van der Waals surface area contributed by atoms with Gasteiger partial charge in [0.1, 0.15) is 5.78 Å². The minimum Gasteiger partial charge on any atom is -0.310 e. The molecule has 1 atom stereocenters. The van der Waals surface area contributed by atoms with E-state index in [2.05, 4.69) is 5.32 Å². The number of benzene rings is 1. The third-order valence-corrected chi connectivity index (χ3v) is 4.53. The molecule has 0 aliphatic heterocycles. The number of rotatable bonds is 11. The van der Waals surface area contributed by atoms with Crippen LogP contribution in [0.3, 0.4) is 0 Å². The Morgan fingerprint density at radius 3 is 2.55 bits per heavy atom. The van der Waals surface area contributed by atoms with Crippen LogP contribution in [0.2, 0.25) is 0 Å². The maximum absolute atomic E-state index is 12.1. The second-order valence-corrected chi connectivity index (χ2v) is 6.22. The van der Waals surface area contributed by atoms with Crippen LogP contribution in [0.4, 0.5) is 0 Å². The summed E-state index contributed by atoms with van der Waals surface area (Å²) in [6, 6.07) is 9.03. The van der Waals surface area contributed by atoms with E-state index in [1.54, 1.807) is 18.4 Å². The molecule has 119 valence electrons. The van der Waals surface area contributed by atoms with Crippen molar-refractivity contribution in [3.63, 3.8) is 0 Å². The van der Waals surface area contributed by atoms with Gasteiger partial charge in [-0.25, -0.2) is 0 Å². The number of thioether (sulfide) groups is 1. The van der Waals surface area contributed by atoms with Crippen LogP contribution in [0.1, 0.15) is 43.0 Å². The summed E-state index contributed by atoms with van der Waals surface area (Å²) in [5.41, 5.74) is 0.632. The largest absolute Gasteiger partial charge is 0.310 e. The first-order valence-electron chi connectivity index (χ1n) is 7.47. The lowest BCUT2D eigenvalue weighted by atomic mass is 10.1. The topological polar surface area (TPSA) is 63.2 Å². The first kappa shape index (κ1) is 18.6. The van der Waals surface area contributed by atoms with Crippen LogP contribution in [-0.2, 0) is 9.59 Å². The number of hydrogen-bond donors (Lipinski definition) is 1. The summed E-state index contributed by atoms with van der Waals surface area (Å²) in [6.07, 6.45) is 5.30. The van der Waals surface area contributed by atoms with Crippen molar-refractivity contribution >= 4 is 28.9 Å². The van der Waals surface area contributed by atoms with Gasteiger partial charge in [-0.2, -0.15) is 0 Å². The Balaban J connectivity index is 2.32. The highest BCUT2D eigenvalue weighted by molar-refractivity contribution is 8.15. The SMILES string of the molecule is CC(=O)C(CCCCCNC[C]=O)SC(=O)c1ccccc1. The zero-order chi connectivity index (χ0) is 16.2. The summed E-state index contributed by atoms with van der Waals surface area (Å²) in [4.78, 5) is 33.8. The Bertz CT molecular complexity index is 476. The van der Waals surface area contributed by atoms with Crippen molar-refractivity contribution in [1.29, 1.82) is 0 Å². The molecule has 0 aromatic heterocycles. The van der Waals surface area contributed by atoms with Crippen molar-refractivity contribution in [2.75, 3.05) is 13.1 Å². The number of Topliss-reactive ketones (excluding diaryl/α,β-unsaturated/α-hetero) is 1. The molecule has 0 fully saturated rings. The minimum atomic E-state index is -0.274. The molecule has 0 saturated carbocycles. The van der Waals surface area contributed by atoms with E-state index >= 15 is 0 Å². The zero-order valence-corrected chi connectivity index (χ0v) is 13.7. The van der Waals surface area contributed by atoms with E-state index in [4.69, 9.17) is 0 Å². The van der Waals surface area contributed by atoms with Gasteiger partial charge in [0.05, 0.1) is 11.8 Å². The Morgan fingerprint density at radius 2 is 1.91 bits per heavy atom. The monoisotopic (exact) mass is 320 g/mol. The van der Waals surface area contributed by atoms with Crippen molar-refractivity contribution in [2.45, 2.75) is 37.9 Å². The normalized spacial score (nSPS) is 11.9. The molecule has 4 nitrogen and oxygen atoms in total. The predicted molar refractivity (Wildman–Crippen MR) is 89.9 cm³/mol. The van der Waals surface area contributed by atoms with E-state index in [9.17, 15) is 14.4 Å². The predicted octanol–water partition coefficient (Wildman–Crippen LogP) is 2.78. The van der Waals surface area contributed by atoms with Crippen molar-refractivity contribution < 1.29 is 14.4 Å². The van der Waals surface area contributed by atoms with Gasteiger partial charge in [-0.15, -0.1) is 0 Å². The number of carbonyl (C=O) groups excluding carboxylic acids is 3. The quantitative estimate of drug-likeness (QED) is 0.635. The molecule has 0 heterocycles. The number of hydrogen-bond acceptors (Lipinski definition) is 5. The zero-order valence-electron chi connectivity index (χ0n) is 12.8. The minimum absolute atomic E-state index is 0.0444. The van der Waals surface area contributed by atoms with Crippen LogP contribution in [0.25, 0.3) is 0 Å². The molecular weight excluding hydrogens is 298 g/mol. The molecule has 0 spiro atoms. The maximum atomic E-state index is 12.1. The van der Waals surface area contributed by atoms with Gasteiger partial charge in [0.2, 0.25) is 11.4 Å². The lowest BCUT2D eigenvalue weighted by Gasteiger charge is -2.12. The fraction of sp³-hybridized carbons (Fsp3) is 0.471. The van der Waals surface area contributed by atoms with Crippen molar-refractivity contribution in [3.8, 4) is 0 Å². The lowest BCUT2D eigenvalue weighted by Crippen LogP contribution is -2.18. The van der Waals surface area contributed by atoms with Crippen molar-refractivity contribution in [2.24, 2.45) is 0 Å². The van der Waals surface area contributed by atoms with Crippen LogP contribution in [0.5, 0.6) is 0 Å². The number of ketones is 1. The molecule has 5 heteroatoms. The van der Waals surface area contributed by atoms with Crippen LogP contribution < -0.4 is 5.32 Å². The third kappa shape index (κ3) is 7.52. The maximum Gasteiger partial charge on any atom is 0.220 e. The average molecular weight is 320 g/mol. The molecule has 22 heavy (non-hydrogen) atoms. The van der Waals surface area contributed by atoms with Gasteiger partial charge in [-0.05, 0) is 26.3 Å². The molecule has 0 aliphatic rings. The number of carbonyl (C=O) groups is 2. The smallest absolute Gasteiger partial charge is 0.220 e. The molecule has 1 unspecified atom stereocenters. The van der Waals surface area contributed by atoms with Crippen LogP contribution in [0.15, 0.2) is 30.3 Å². The van der Waals surface area contributed by atoms with Crippen LogP contribution in [0, 0.1) is 0 Å². The first-order valence-corrected chi connectivity index (χ1v) is 8.35. The van der Waals surface area contributed by atoms with Crippen LogP contribution in [-0.4, -0.2) is 35.5 Å². The molecule has 1 N–H and O–H groups in total. The Labute approximate surface area is 136 Å². The van der Waals surface area contributed by atoms with E-state index in [0.717, 1.165) is 37.6 Å². The van der Waals surface area contributed by atoms with Gasteiger partial charge in [0.15, 0.2) is 0 Å².